The molecule has 0 bridgehead atoms. The Morgan fingerprint density at radius 3 is 2.90 bits per heavy atom. The van der Waals surface area contributed by atoms with Crippen molar-refractivity contribution in [2.75, 3.05) is 12.4 Å². The molecule has 0 saturated carbocycles. The fraction of sp³-hybridized carbons (Fsp3) is 0.400. The number of carbonyl (C=O) groups excluding carboxylic acids is 1. The van der Waals surface area contributed by atoms with E-state index < -0.39 is 0 Å². The summed E-state index contributed by atoms with van der Waals surface area (Å²) in [7, 11) is 0. The van der Waals surface area contributed by atoms with E-state index >= 15 is 0 Å². The monoisotopic (exact) mass is 306 g/mol. The number of thioether (sulfide) groups is 1. The Morgan fingerprint density at radius 2 is 2.14 bits per heavy atom. The Bertz CT molecular complexity index is 598. The van der Waals surface area contributed by atoms with Gasteiger partial charge in [-0.1, -0.05) is 30.0 Å². The van der Waals surface area contributed by atoms with Crippen LogP contribution in [-0.2, 0) is 9.53 Å². The minimum absolute atomic E-state index is 0.163. The van der Waals surface area contributed by atoms with Crippen molar-refractivity contribution in [2.24, 2.45) is 0 Å². The molecule has 1 aromatic heterocycles. The number of hydrogen-bond acceptors (Lipinski definition) is 6. The maximum atomic E-state index is 11.2. The lowest BCUT2D eigenvalue weighted by Crippen LogP contribution is -2.03. The number of ether oxygens (including phenoxy) is 1. The molecule has 21 heavy (non-hydrogen) atoms. The Morgan fingerprint density at radius 1 is 1.33 bits per heavy atom. The molecule has 0 amide bonds. The lowest BCUT2D eigenvalue weighted by atomic mass is 10.1. The molecular formula is C15H18N2O3S. The molecule has 1 aromatic carbocycles. The highest BCUT2D eigenvalue weighted by Crippen LogP contribution is 2.25. The summed E-state index contributed by atoms with van der Waals surface area (Å²) in [6.45, 7) is 4.24. The van der Waals surface area contributed by atoms with Crippen molar-refractivity contribution in [3.05, 3.63) is 29.8 Å². The van der Waals surface area contributed by atoms with Crippen LogP contribution >= 0.6 is 11.8 Å². The van der Waals surface area contributed by atoms with Crippen molar-refractivity contribution in [2.45, 2.75) is 31.9 Å². The smallest absolute Gasteiger partial charge is 0.305 e. The summed E-state index contributed by atoms with van der Waals surface area (Å²) < 4.78 is 10.5. The Kier molecular flexibility index (Phi) is 5.80. The van der Waals surface area contributed by atoms with E-state index in [9.17, 15) is 4.79 Å². The van der Waals surface area contributed by atoms with Gasteiger partial charge in [-0.15, -0.1) is 10.2 Å². The van der Waals surface area contributed by atoms with Crippen LogP contribution in [0.2, 0.25) is 0 Å². The van der Waals surface area contributed by atoms with Crippen LogP contribution in [0.5, 0.6) is 0 Å². The van der Waals surface area contributed by atoms with Crippen LogP contribution in [0.3, 0.4) is 0 Å². The van der Waals surface area contributed by atoms with Gasteiger partial charge in [0.2, 0.25) is 5.89 Å². The summed E-state index contributed by atoms with van der Waals surface area (Å²) >= 11 is 1.45. The van der Waals surface area contributed by atoms with Gasteiger partial charge in [0.25, 0.3) is 5.22 Å². The fourth-order valence-corrected chi connectivity index (χ4v) is 2.50. The topological polar surface area (TPSA) is 65.2 Å². The van der Waals surface area contributed by atoms with E-state index in [1.54, 1.807) is 6.92 Å². The van der Waals surface area contributed by atoms with Crippen LogP contribution in [0.25, 0.3) is 11.5 Å². The zero-order valence-corrected chi connectivity index (χ0v) is 13.0. The van der Waals surface area contributed by atoms with Gasteiger partial charge in [0.1, 0.15) is 0 Å². The van der Waals surface area contributed by atoms with Crippen LogP contribution in [-0.4, -0.2) is 28.5 Å². The molecule has 0 radical (unpaired) electrons. The van der Waals surface area contributed by atoms with Crippen molar-refractivity contribution in [1.29, 1.82) is 0 Å². The number of esters is 1. The number of rotatable bonds is 7. The van der Waals surface area contributed by atoms with Crippen LogP contribution < -0.4 is 0 Å². The van der Waals surface area contributed by atoms with E-state index in [2.05, 4.69) is 10.2 Å². The third kappa shape index (κ3) is 4.60. The molecular weight excluding hydrogens is 288 g/mol. The zero-order chi connectivity index (χ0) is 15.1. The average molecular weight is 306 g/mol. The molecule has 2 rings (SSSR count). The predicted octanol–water partition coefficient (Wildman–Crippen LogP) is 3.48. The molecule has 112 valence electrons. The number of hydrogen-bond donors (Lipinski definition) is 0. The molecule has 0 atom stereocenters. The van der Waals surface area contributed by atoms with Gasteiger partial charge in [0.15, 0.2) is 0 Å². The van der Waals surface area contributed by atoms with Gasteiger partial charge < -0.3 is 9.15 Å². The first-order valence-electron chi connectivity index (χ1n) is 6.88. The minimum atomic E-state index is -0.163. The van der Waals surface area contributed by atoms with Crippen LogP contribution in [0.1, 0.15) is 25.3 Å². The molecule has 0 aliphatic heterocycles. The van der Waals surface area contributed by atoms with E-state index in [1.807, 2.05) is 31.2 Å². The second kappa shape index (κ2) is 7.83. The van der Waals surface area contributed by atoms with E-state index in [1.165, 1.54) is 11.8 Å². The van der Waals surface area contributed by atoms with E-state index in [0.29, 0.717) is 24.1 Å². The first kappa shape index (κ1) is 15.6. The third-order valence-electron chi connectivity index (χ3n) is 2.84. The van der Waals surface area contributed by atoms with Crippen molar-refractivity contribution < 1.29 is 13.9 Å². The molecule has 2 aromatic rings. The first-order valence-corrected chi connectivity index (χ1v) is 7.87. The molecule has 0 unspecified atom stereocenters. The van der Waals surface area contributed by atoms with Gasteiger partial charge in [0, 0.05) is 17.7 Å². The van der Waals surface area contributed by atoms with Crippen molar-refractivity contribution in [3.8, 4) is 11.5 Å². The maximum Gasteiger partial charge on any atom is 0.305 e. The maximum absolute atomic E-state index is 11.2. The molecule has 0 aliphatic rings. The molecule has 6 heteroatoms. The highest BCUT2D eigenvalue weighted by Gasteiger charge is 2.11. The lowest BCUT2D eigenvalue weighted by molar-refractivity contribution is -0.143. The van der Waals surface area contributed by atoms with E-state index in [-0.39, 0.29) is 5.97 Å². The van der Waals surface area contributed by atoms with Gasteiger partial charge in [-0.3, -0.25) is 4.79 Å². The average Bonchev–Trinajstić information content (AvgIpc) is 2.93. The fourth-order valence-electron chi connectivity index (χ4n) is 1.80. The summed E-state index contributed by atoms with van der Waals surface area (Å²) in [5.41, 5.74) is 2.04. The highest BCUT2D eigenvalue weighted by atomic mass is 32.2. The molecule has 0 aliphatic carbocycles. The molecule has 0 fully saturated rings. The standard InChI is InChI=1S/C15H18N2O3S/c1-3-19-13(18)9-6-10-21-15-17-16-14(20-15)12-8-5-4-7-11(12)2/h4-5,7-8H,3,6,9-10H2,1-2H3. The highest BCUT2D eigenvalue weighted by molar-refractivity contribution is 7.99. The second-order valence-electron chi connectivity index (χ2n) is 4.45. The van der Waals surface area contributed by atoms with E-state index in [4.69, 9.17) is 9.15 Å². The molecule has 0 N–H and O–H groups in total. The normalized spacial score (nSPS) is 10.6. The summed E-state index contributed by atoms with van der Waals surface area (Å²) in [4.78, 5) is 11.2. The summed E-state index contributed by atoms with van der Waals surface area (Å²) in [5, 5.41) is 8.60. The number of benzene rings is 1. The number of aryl methyl sites for hydroxylation is 1. The molecule has 0 spiro atoms. The Balaban J connectivity index is 1.84. The second-order valence-corrected chi connectivity index (χ2v) is 5.49. The lowest BCUT2D eigenvalue weighted by Gasteiger charge is -2.00. The molecule has 1 heterocycles. The summed E-state index contributed by atoms with van der Waals surface area (Å²) in [6, 6.07) is 7.88. The third-order valence-corrected chi connectivity index (χ3v) is 3.74. The number of aromatic nitrogens is 2. The van der Waals surface area contributed by atoms with Gasteiger partial charge in [-0.25, -0.2) is 0 Å². The van der Waals surface area contributed by atoms with E-state index in [0.717, 1.165) is 23.3 Å². The van der Waals surface area contributed by atoms with Gasteiger partial charge in [-0.05, 0) is 31.9 Å². The van der Waals surface area contributed by atoms with Gasteiger partial charge in [0.05, 0.1) is 6.61 Å². The van der Waals surface area contributed by atoms with Crippen molar-refractivity contribution in [3.63, 3.8) is 0 Å². The summed E-state index contributed by atoms with van der Waals surface area (Å²) in [5.74, 6) is 1.11. The predicted molar refractivity (Wildman–Crippen MR) is 81.1 cm³/mol. The molecule has 0 saturated heterocycles. The number of carbonyl (C=O) groups is 1. The summed E-state index contributed by atoms with van der Waals surface area (Å²) in [6.07, 6.45) is 1.14. The van der Waals surface area contributed by atoms with Crippen LogP contribution in [0, 0.1) is 6.92 Å². The quantitative estimate of drug-likeness (QED) is 0.443. The van der Waals surface area contributed by atoms with Crippen LogP contribution in [0.15, 0.2) is 33.9 Å². The van der Waals surface area contributed by atoms with Gasteiger partial charge in [-0.2, -0.15) is 0 Å². The first-order chi connectivity index (χ1) is 10.2. The number of nitrogens with zero attached hydrogens (tertiary/aromatic N) is 2. The molecule has 5 nitrogen and oxygen atoms in total. The van der Waals surface area contributed by atoms with Gasteiger partial charge >= 0.3 is 5.97 Å². The SMILES string of the molecule is CCOC(=O)CCCSc1nnc(-c2ccccc2C)o1. The van der Waals surface area contributed by atoms with Crippen molar-refractivity contribution in [1.82, 2.24) is 10.2 Å². The minimum Gasteiger partial charge on any atom is -0.466 e. The Hall–Kier alpha value is -1.82. The Labute approximate surface area is 128 Å². The zero-order valence-electron chi connectivity index (χ0n) is 12.2. The largest absolute Gasteiger partial charge is 0.466 e. The van der Waals surface area contributed by atoms with Crippen molar-refractivity contribution >= 4 is 17.7 Å². The van der Waals surface area contributed by atoms with Crippen LogP contribution in [0.4, 0.5) is 0 Å².